The largest absolute Gasteiger partial charge is 0.490 e. The quantitative estimate of drug-likeness (QED) is 0.724. The molecule has 0 aliphatic carbocycles. The molecule has 0 amide bonds. The number of nitriles is 2. The number of H-pyrrole nitrogens is 1. The van der Waals surface area contributed by atoms with Crippen molar-refractivity contribution in [3.05, 3.63) is 39.7 Å². The molecule has 1 heterocycles. The fraction of sp³-hybridized carbons (Fsp3) is 0.222. The molecule has 138 valence electrons. The van der Waals surface area contributed by atoms with Gasteiger partial charge in [0, 0.05) is 5.56 Å². The minimum absolute atomic E-state index is 0.0307. The molecule has 0 spiro atoms. The molecule has 0 saturated carbocycles. The first-order valence-corrected chi connectivity index (χ1v) is 7.79. The lowest BCUT2D eigenvalue weighted by Gasteiger charge is -2.14. The van der Waals surface area contributed by atoms with Gasteiger partial charge in [0.15, 0.2) is 18.1 Å². The highest BCUT2D eigenvalue weighted by Crippen LogP contribution is 2.35. The van der Waals surface area contributed by atoms with Crippen LogP contribution in [0.15, 0.2) is 23.0 Å². The molecule has 9 heteroatoms. The average Bonchev–Trinajstić information content (AvgIpc) is 2.66. The van der Waals surface area contributed by atoms with Crippen molar-refractivity contribution in [2.24, 2.45) is 0 Å². The first-order valence-electron chi connectivity index (χ1n) is 7.79. The van der Waals surface area contributed by atoms with E-state index in [1.165, 1.54) is 25.3 Å². The zero-order valence-electron chi connectivity index (χ0n) is 14.7. The van der Waals surface area contributed by atoms with Gasteiger partial charge in [0.2, 0.25) is 0 Å². The monoisotopic (exact) mass is 368 g/mol. The third kappa shape index (κ3) is 3.99. The van der Waals surface area contributed by atoms with E-state index in [2.05, 4.69) is 9.72 Å². The Kier molecular flexibility index (Phi) is 6.02. The van der Waals surface area contributed by atoms with E-state index in [0.717, 1.165) is 0 Å². The maximum atomic E-state index is 12.0. The van der Waals surface area contributed by atoms with E-state index in [1.54, 1.807) is 13.0 Å². The number of nitrogens with one attached hydrogen (secondary N) is 1. The lowest BCUT2D eigenvalue weighted by Crippen LogP contribution is -2.16. The van der Waals surface area contributed by atoms with Gasteiger partial charge in [-0.2, -0.15) is 10.5 Å². The predicted octanol–water partition coefficient (Wildman–Crippen LogP) is 1.32. The number of benzene rings is 1. The molecule has 2 rings (SSSR count). The Morgan fingerprint density at radius 2 is 1.89 bits per heavy atom. The Morgan fingerprint density at radius 1 is 1.19 bits per heavy atom. The highest BCUT2D eigenvalue weighted by atomic mass is 16.6. The molecule has 2 aromatic rings. The summed E-state index contributed by atoms with van der Waals surface area (Å²) >= 11 is 0. The van der Waals surface area contributed by atoms with E-state index in [4.69, 9.17) is 15.2 Å². The molecule has 27 heavy (non-hydrogen) atoms. The summed E-state index contributed by atoms with van der Waals surface area (Å²) in [6.07, 6.45) is 0. The number of aromatic amines is 1. The van der Waals surface area contributed by atoms with Crippen LogP contribution in [0.5, 0.6) is 11.5 Å². The van der Waals surface area contributed by atoms with Crippen molar-refractivity contribution >= 4 is 11.8 Å². The second-order valence-corrected chi connectivity index (χ2v) is 5.18. The van der Waals surface area contributed by atoms with Crippen molar-refractivity contribution in [3.8, 4) is 34.8 Å². The molecule has 0 atom stereocenters. The normalized spacial score (nSPS) is 9.78. The summed E-state index contributed by atoms with van der Waals surface area (Å²) in [6, 6.07) is 8.23. The van der Waals surface area contributed by atoms with Crippen LogP contribution in [0, 0.1) is 22.7 Å². The maximum Gasteiger partial charge on any atom is 0.343 e. The van der Waals surface area contributed by atoms with Gasteiger partial charge >= 0.3 is 5.97 Å². The first-order chi connectivity index (χ1) is 13.0. The van der Waals surface area contributed by atoms with E-state index in [0.29, 0.717) is 12.2 Å². The number of nitrogens with two attached hydrogens (primary N) is 1. The summed E-state index contributed by atoms with van der Waals surface area (Å²) < 4.78 is 15.4. The summed E-state index contributed by atoms with van der Waals surface area (Å²) in [6.45, 7) is 1.73. The van der Waals surface area contributed by atoms with Gasteiger partial charge in [0.1, 0.15) is 29.1 Å². The van der Waals surface area contributed by atoms with Crippen molar-refractivity contribution < 1.29 is 19.0 Å². The van der Waals surface area contributed by atoms with Gasteiger partial charge in [-0.3, -0.25) is 4.79 Å². The summed E-state index contributed by atoms with van der Waals surface area (Å²) in [4.78, 5) is 25.6. The number of rotatable bonds is 6. The predicted molar refractivity (Wildman–Crippen MR) is 95.0 cm³/mol. The van der Waals surface area contributed by atoms with Crippen LogP contribution in [0.3, 0.4) is 0 Å². The number of pyridine rings is 1. The number of anilines is 1. The minimum Gasteiger partial charge on any atom is -0.490 e. The highest BCUT2D eigenvalue weighted by molar-refractivity contribution is 5.81. The van der Waals surface area contributed by atoms with Crippen LogP contribution in [-0.4, -0.2) is 31.3 Å². The minimum atomic E-state index is -0.701. The number of aromatic nitrogens is 1. The van der Waals surface area contributed by atoms with E-state index >= 15 is 0 Å². The van der Waals surface area contributed by atoms with Crippen LogP contribution in [0.1, 0.15) is 18.1 Å². The second kappa shape index (κ2) is 8.41. The van der Waals surface area contributed by atoms with Crippen molar-refractivity contribution in [3.63, 3.8) is 0 Å². The fourth-order valence-corrected chi connectivity index (χ4v) is 2.38. The van der Waals surface area contributed by atoms with Crippen molar-refractivity contribution in [2.45, 2.75) is 6.92 Å². The lowest BCUT2D eigenvalue weighted by atomic mass is 9.96. The van der Waals surface area contributed by atoms with Crippen molar-refractivity contribution in [1.82, 2.24) is 4.98 Å². The molecule has 3 N–H and O–H groups in total. The molecule has 0 aliphatic heterocycles. The standard InChI is InChI=1S/C18H16N4O5/c1-3-26-14-6-10(4-5-13(14)27-9-15(23)25-2)16-11(7-19)17(21)22-18(24)12(16)8-20/h4-6H,3,9H2,1-2H3,(H3,21,22,24). The molecular weight excluding hydrogens is 352 g/mol. The Hall–Kier alpha value is -3.98. The number of nitrogen functional groups attached to an aromatic ring is 1. The molecule has 0 fully saturated rings. The Balaban J connectivity index is 2.63. The summed E-state index contributed by atoms with van der Waals surface area (Å²) in [7, 11) is 1.24. The van der Waals surface area contributed by atoms with Gasteiger partial charge in [-0.15, -0.1) is 0 Å². The molecule has 1 aromatic heterocycles. The number of esters is 1. The van der Waals surface area contributed by atoms with Gasteiger partial charge in [0.05, 0.1) is 13.7 Å². The molecule has 0 unspecified atom stereocenters. The van der Waals surface area contributed by atoms with Crippen LogP contribution in [0.4, 0.5) is 5.82 Å². The smallest absolute Gasteiger partial charge is 0.343 e. The van der Waals surface area contributed by atoms with E-state index in [-0.39, 0.29) is 40.6 Å². The van der Waals surface area contributed by atoms with E-state index < -0.39 is 11.5 Å². The number of hydrogen-bond donors (Lipinski definition) is 2. The Bertz CT molecular complexity index is 1010. The number of carbonyl (C=O) groups is 1. The number of carbonyl (C=O) groups excluding carboxylic acids is 1. The van der Waals surface area contributed by atoms with Crippen LogP contribution in [0.25, 0.3) is 11.1 Å². The third-order valence-corrected chi connectivity index (χ3v) is 3.57. The van der Waals surface area contributed by atoms with Crippen molar-refractivity contribution in [2.75, 3.05) is 26.1 Å². The molecular formula is C18H16N4O5. The zero-order valence-corrected chi connectivity index (χ0v) is 14.7. The number of hydrogen-bond acceptors (Lipinski definition) is 8. The Morgan fingerprint density at radius 3 is 2.48 bits per heavy atom. The molecule has 0 aliphatic rings. The summed E-state index contributed by atoms with van der Waals surface area (Å²) in [5, 5.41) is 18.7. The summed E-state index contributed by atoms with van der Waals surface area (Å²) in [5.41, 5.74) is 5.22. The molecule has 0 bridgehead atoms. The highest BCUT2D eigenvalue weighted by Gasteiger charge is 2.20. The third-order valence-electron chi connectivity index (χ3n) is 3.57. The molecule has 9 nitrogen and oxygen atoms in total. The van der Waals surface area contributed by atoms with Crippen LogP contribution >= 0.6 is 0 Å². The molecule has 0 saturated heterocycles. The molecule has 0 radical (unpaired) electrons. The summed E-state index contributed by atoms with van der Waals surface area (Å²) in [5.74, 6) is -0.172. The molecule has 1 aromatic carbocycles. The number of nitrogens with zero attached hydrogens (tertiary/aromatic N) is 2. The van der Waals surface area contributed by atoms with Gasteiger partial charge in [0.25, 0.3) is 5.56 Å². The number of ether oxygens (including phenoxy) is 3. The topological polar surface area (TPSA) is 151 Å². The van der Waals surface area contributed by atoms with Gasteiger partial charge < -0.3 is 24.9 Å². The number of methoxy groups -OCH3 is 1. The average molecular weight is 368 g/mol. The van der Waals surface area contributed by atoms with E-state index in [1.807, 2.05) is 6.07 Å². The fourth-order valence-electron chi connectivity index (χ4n) is 2.38. The van der Waals surface area contributed by atoms with Gasteiger partial charge in [-0.1, -0.05) is 6.07 Å². The maximum absolute atomic E-state index is 12.0. The first kappa shape index (κ1) is 19.3. The zero-order chi connectivity index (χ0) is 20.0. The van der Waals surface area contributed by atoms with Crippen molar-refractivity contribution in [1.29, 1.82) is 10.5 Å². The lowest BCUT2D eigenvalue weighted by molar-refractivity contribution is -0.142. The van der Waals surface area contributed by atoms with Gasteiger partial charge in [-0.05, 0) is 24.6 Å². The van der Waals surface area contributed by atoms with Crippen LogP contribution in [-0.2, 0) is 9.53 Å². The van der Waals surface area contributed by atoms with Gasteiger partial charge in [-0.25, -0.2) is 4.79 Å². The van der Waals surface area contributed by atoms with Crippen LogP contribution < -0.4 is 20.8 Å². The second-order valence-electron chi connectivity index (χ2n) is 5.18. The Labute approximate surface area is 154 Å². The van der Waals surface area contributed by atoms with Crippen LogP contribution in [0.2, 0.25) is 0 Å². The van der Waals surface area contributed by atoms with E-state index in [9.17, 15) is 20.1 Å². The SMILES string of the molecule is CCOc1cc(-c2c(C#N)c(N)[nH]c(=O)c2C#N)ccc1OCC(=O)OC.